The van der Waals surface area contributed by atoms with Gasteiger partial charge in [-0.25, -0.2) is 8.42 Å². The molecule has 2 heterocycles. The molecule has 9 heteroatoms. The van der Waals surface area contributed by atoms with Gasteiger partial charge in [0, 0.05) is 31.7 Å². The Morgan fingerprint density at radius 1 is 0.969 bits per heavy atom. The van der Waals surface area contributed by atoms with Gasteiger partial charge in [-0.15, -0.1) is 0 Å². The summed E-state index contributed by atoms with van der Waals surface area (Å²) in [6.45, 7) is 1.76. The van der Waals surface area contributed by atoms with E-state index in [1.165, 1.54) is 4.31 Å². The van der Waals surface area contributed by atoms with Gasteiger partial charge in [-0.3, -0.25) is 9.59 Å². The Morgan fingerprint density at radius 3 is 2.31 bits per heavy atom. The van der Waals surface area contributed by atoms with Crippen LogP contribution in [0.2, 0.25) is 5.02 Å². The largest absolute Gasteiger partial charge is 0.326 e. The van der Waals surface area contributed by atoms with E-state index in [2.05, 4.69) is 5.32 Å². The molecule has 2 amide bonds. The van der Waals surface area contributed by atoms with Crippen LogP contribution in [0.25, 0.3) is 0 Å². The molecule has 1 N–H and O–H groups in total. The van der Waals surface area contributed by atoms with E-state index in [0.29, 0.717) is 48.0 Å². The molecule has 2 fully saturated rings. The number of rotatable bonds is 6. The van der Waals surface area contributed by atoms with Gasteiger partial charge < -0.3 is 10.2 Å². The minimum Gasteiger partial charge on any atom is -0.326 e. The molecule has 2 aromatic carbocycles. The van der Waals surface area contributed by atoms with Gasteiger partial charge in [-0.2, -0.15) is 4.31 Å². The first kappa shape index (κ1) is 22.8. The average Bonchev–Trinajstić information content (AvgIpc) is 3.20. The van der Waals surface area contributed by atoms with Gasteiger partial charge >= 0.3 is 0 Å². The summed E-state index contributed by atoms with van der Waals surface area (Å²) in [6, 6.07) is 11.6. The number of hydrogen-bond acceptors (Lipinski definition) is 4. The Balaban J connectivity index is 1.38. The highest BCUT2D eigenvalue weighted by atomic mass is 35.5. The summed E-state index contributed by atoms with van der Waals surface area (Å²) in [7, 11) is -3.49. The van der Waals surface area contributed by atoms with Crippen LogP contribution in [0.3, 0.4) is 0 Å². The van der Waals surface area contributed by atoms with E-state index >= 15 is 0 Å². The van der Waals surface area contributed by atoms with Gasteiger partial charge in [0.25, 0.3) is 0 Å². The zero-order valence-corrected chi connectivity index (χ0v) is 19.3. The second-order valence-corrected chi connectivity index (χ2v) is 10.5. The number of nitrogens with one attached hydrogen (secondary N) is 1. The van der Waals surface area contributed by atoms with Crippen LogP contribution < -0.4 is 10.2 Å². The van der Waals surface area contributed by atoms with Crippen LogP contribution in [0.4, 0.5) is 11.4 Å². The molecular formula is C23H26ClN3O4S. The molecule has 32 heavy (non-hydrogen) atoms. The summed E-state index contributed by atoms with van der Waals surface area (Å²) in [6.07, 6.45) is 4.27. The number of benzene rings is 2. The van der Waals surface area contributed by atoms with Crippen molar-refractivity contribution in [2.45, 2.75) is 43.4 Å². The molecule has 0 atom stereocenters. The molecule has 2 aliphatic heterocycles. The van der Waals surface area contributed by atoms with Gasteiger partial charge in [0.1, 0.15) is 0 Å². The molecule has 2 aromatic rings. The molecule has 2 aliphatic rings. The summed E-state index contributed by atoms with van der Waals surface area (Å²) < 4.78 is 27.0. The van der Waals surface area contributed by atoms with Crippen LogP contribution in [0.15, 0.2) is 47.4 Å². The quantitative estimate of drug-likeness (QED) is 0.688. The fourth-order valence-electron chi connectivity index (χ4n) is 4.13. The third-order valence-corrected chi connectivity index (χ3v) is 8.05. The van der Waals surface area contributed by atoms with Crippen molar-refractivity contribution in [1.82, 2.24) is 4.31 Å². The van der Waals surface area contributed by atoms with Crippen molar-refractivity contribution in [3.63, 3.8) is 0 Å². The molecule has 2 saturated heterocycles. The fourth-order valence-corrected chi connectivity index (χ4v) is 5.93. The lowest BCUT2D eigenvalue weighted by Crippen LogP contribution is -2.35. The molecular weight excluding hydrogens is 450 g/mol. The lowest BCUT2D eigenvalue weighted by atomic mass is 10.1. The predicted octanol–water partition coefficient (Wildman–Crippen LogP) is 3.82. The van der Waals surface area contributed by atoms with Crippen molar-refractivity contribution >= 4 is 44.8 Å². The van der Waals surface area contributed by atoms with Gasteiger partial charge in [0.05, 0.1) is 22.0 Å². The predicted molar refractivity (Wildman–Crippen MR) is 124 cm³/mol. The highest BCUT2D eigenvalue weighted by molar-refractivity contribution is 7.89. The smallest absolute Gasteiger partial charge is 0.243 e. The minimum atomic E-state index is -3.49. The summed E-state index contributed by atoms with van der Waals surface area (Å²) in [5.74, 6) is -0.188. The minimum absolute atomic E-state index is 0.0504. The molecule has 0 aliphatic carbocycles. The van der Waals surface area contributed by atoms with E-state index in [1.807, 2.05) is 0 Å². The number of sulfonamides is 1. The lowest BCUT2D eigenvalue weighted by Gasteiger charge is -2.25. The maximum atomic E-state index is 12.7. The second kappa shape index (κ2) is 9.60. The Kier molecular flexibility index (Phi) is 6.83. The lowest BCUT2D eigenvalue weighted by molar-refractivity contribution is -0.117. The van der Waals surface area contributed by atoms with Gasteiger partial charge in [-0.05, 0) is 55.2 Å². The normalized spacial score (nSPS) is 17.5. The van der Waals surface area contributed by atoms with E-state index in [-0.39, 0.29) is 23.1 Å². The first-order valence-electron chi connectivity index (χ1n) is 10.8. The van der Waals surface area contributed by atoms with Crippen molar-refractivity contribution in [2.75, 3.05) is 29.9 Å². The van der Waals surface area contributed by atoms with Crippen molar-refractivity contribution in [3.8, 4) is 0 Å². The number of carbonyl (C=O) groups excluding carboxylic acids is 2. The van der Waals surface area contributed by atoms with Crippen LogP contribution in [0.1, 0.15) is 37.7 Å². The van der Waals surface area contributed by atoms with Crippen molar-refractivity contribution in [1.29, 1.82) is 0 Å². The molecule has 0 unspecified atom stereocenters. The summed E-state index contributed by atoms with van der Waals surface area (Å²) in [4.78, 5) is 26.3. The molecule has 0 radical (unpaired) electrons. The summed E-state index contributed by atoms with van der Waals surface area (Å²) in [5.41, 5.74) is 1.91. The van der Waals surface area contributed by atoms with E-state index in [4.69, 9.17) is 11.6 Å². The Hall–Kier alpha value is -2.42. The Morgan fingerprint density at radius 2 is 1.69 bits per heavy atom. The SMILES string of the molecule is O=C(Cc1ccc(S(=O)(=O)N2CCCCC2)cc1)Nc1ccc(N2CCCC2=O)c(Cl)c1. The van der Waals surface area contributed by atoms with Gasteiger partial charge in [0.15, 0.2) is 0 Å². The topological polar surface area (TPSA) is 86.8 Å². The average molecular weight is 476 g/mol. The maximum absolute atomic E-state index is 12.7. The molecule has 0 bridgehead atoms. The van der Waals surface area contributed by atoms with Crippen molar-refractivity contribution < 1.29 is 18.0 Å². The number of piperidine rings is 1. The Labute approximate surface area is 193 Å². The van der Waals surface area contributed by atoms with Gasteiger partial charge in [0.2, 0.25) is 21.8 Å². The Bertz CT molecular complexity index is 1110. The summed E-state index contributed by atoms with van der Waals surface area (Å²) in [5, 5.41) is 3.21. The number of nitrogens with zero attached hydrogens (tertiary/aromatic N) is 2. The molecule has 4 rings (SSSR count). The number of halogens is 1. The highest BCUT2D eigenvalue weighted by Crippen LogP contribution is 2.31. The van der Waals surface area contributed by atoms with E-state index in [9.17, 15) is 18.0 Å². The zero-order chi connectivity index (χ0) is 22.7. The molecule has 170 valence electrons. The van der Waals surface area contributed by atoms with Crippen molar-refractivity contribution in [3.05, 3.63) is 53.1 Å². The molecule has 0 aromatic heterocycles. The van der Waals surface area contributed by atoms with Crippen molar-refractivity contribution in [2.24, 2.45) is 0 Å². The monoisotopic (exact) mass is 475 g/mol. The number of amides is 2. The number of anilines is 2. The number of carbonyl (C=O) groups is 2. The van der Waals surface area contributed by atoms with E-state index in [1.54, 1.807) is 47.4 Å². The van der Waals surface area contributed by atoms with E-state index < -0.39 is 10.0 Å². The highest BCUT2D eigenvalue weighted by Gasteiger charge is 2.26. The fraction of sp³-hybridized carbons (Fsp3) is 0.391. The standard InChI is InChI=1S/C23H26ClN3O4S/c24-20-16-18(8-11-21(20)27-14-4-5-23(27)29)25-22(28)15-17-6-9-19(10-7-17)32(30,31)26-12-2-1-3-13-26/h6-11,16H,1-5,12-15H2,(H,25,28). The molecule has 7 nitrogen and oxygen atoms in total. The van der Waals surface area contributed by atoms with Crippen LogP contribution in [-0.2, 0) is 26.0 Å². The second-order valence-electron chi connectivity index (χ2n) is 8.15. The van der Waals surface area contributed by atoms with Crippen LogP contribution in [0.5, 0.6) is 0 Å². The zero-order valence-electron chi connectivity index (χ0n) is 17.7. The van der Waals surface area contributed by atoms with E-state index in [0.717, 1.165) is 25.7 Å². The van der Waals surface area contributed by atoms with Gasteiger partial charge in [-0.1, -0.05) is 30.2 Å². The first-order valence-corrected chi connectivity index (χ1v) is 12.7. The third-order valence-electron chi connectivity index (χ3n) is 5.84. The summed E-state index contributed by atoms with van der Waals surface area (Å²) >= 11 is 6.34. The first-order chi connectivity index (χ1) is 15.3. The third kappa shape index (κ3) is 4.98. The number of hydrogen-bond donors (Lipinski definition) is 1. The van der Waals surface area contributed by atoms with Crippen LogP contribution in [-0.4, -0.2) is 44.2 Å². The van der Waals surface area contributed by atoms with Crippen LogP contribution in [0, 0.1) is 0 Å². The molecule has 0 saturated carbocycles. The molecule has 0 spiro atoms. The maximum Gasteiger partial charge on any atom is 0.243 e. The van der Waals surface area contributed by atoms with Crippen LogP contribution >= 0.6 is 11.6 Å².